The molecular formula is C8H8N4O2. The van der Waals surface area contributed by atoms with Crippen molar-refractivity contribution in [1.82, 2.24) is 19.6 Å². The average molecular weight is 192 g/mol. The van der Waals surface area contributed by atoms with Gasteiger partial charge in [-0.1, -0.05) is 0 Å². The summed E-state index contributed by atoms with van der Waals surface area (Å²) in [5.41, 5.74) is 0.551. The molecule has 0 saturated heterocycles. The lowest BCUT2D eigenvalue weighted by molar-refractivity contribution is -0.138. The normalized spacial score (nSPS) is 12.9. The van der Waals surface area contributed by atoms with Crippen molar-refractivity contribution in [2.24, 2.45) is 0 Å². The van der Waals surface area contributed by atoms with E-state index in [1.54, 1.807) is 23.7 Å². The second kappa shape index (κ2) is 3.06. The maximum Gasteiger partial charge on any atom is 0.313 e. The van der Waals surface area contributed by atoms with Crippen molar-refractivity contribution in [3.8, 4) is 0 Å². The molecule has 14 heavy (non-hydrogen) atoms. The summed E-state index contributed by atoms with van der Waals surface area (Å²) < 4.78 is 1.62. The molecule has 0 fully saturated rings. The summed E-state index contributed by atoms with van der Waals surface area (Å²) in [6.45, 7) is 1.57. The lowest BCUT2D eigenvalue weighted by Gasteiger charge is -2.02. The van der Waals surface area contributed by atoms with E-state index < -0.39 is 11.9 Å². The summed E-state index contributed by atoms with van der Waals surface area (Å²) in [6, 6.07) is 0. The van der Waals surface area contributed by atoms with Crippen LogP contribution in [0.1, 0.15) is 18.7 Å². The Labute approximate surface area is 79.2 Å². The van der Waals surface area contributed by atoms with E-state index in [1.165, 1.54) is 6.20 Å². The predicted octanol–water partition coefficient (Wildman–Crippen LogP) is 0.312. The standard InChI is InChI=1S/C8H8N4O2/c1-5(8(13)14)7-11-10-6-4-9-2-3-12(6)7/h2-5H,1H3,(H,13,14). The van der Waals surface area contributed by atoms with E-state index in [2.05, 4.69) is 15.2 Å². The third kappa shape index (κ3) is 1.20. The Bertz CT molecular complexity index is 479. The predicted molar refractivity (Wildman–Crippen MR) is 46.8 cm³/mol. The summed E-state index contributed by atoms with van der Waals surface area (Å²) in [5, 5.41) is 16.4. The van der Waals surface area contributed by atoms with Gasteiger partial charge in [0, 0.05) is 12.4 Å². The SMILES string of the molecule is CC(C(=O)O)c1nnc2cnccn12. The monoisotopic (exact) mass is 192 g/mol. The number of carboxylic acids is 1. The smallest absolute Gasteiger partial charge is 0.313 e. The molecule has 0 aliphatic rings. The van der Waals surface area contributed by atoms with E-state index >= 15 is 0 Å². The number of nitrogens with zero attached hydrogens (tertiary/aromatic N) is 4. The van der Waals surface area contributed by atoms with Crippen molar-refractivity contribution < 1.29 is 9.90 Å². The maximum absolute atomic E-state index is 10.7. The van der Waals surface area contributed by atoms with Gasteiger partial charge in [0.05, 0.1) is 6.20 Å². The first kappa shape index (κ1) is 8.61. The molecule has 2 rings (SSSR count). The van der Waals surface area contributed by atoms with E-state index in [4.69, 9.17) is 5.11 Å². The molecule has 0 aliphatic carbocycles. The first-order valence-corrected chi connectivity index (χ1v) is 4.07. The van der Waals surface area contributed by atoms with Gasteiger partial charge in [-0.05, 0) is 6.92 Å². The molecule has 1 unspecified atom stereocenters. The molecule has 0 amide bonds. The molecule has 0 bridgehead atoms. The maximum atomic E-state index is 10.7. The number of rotatable bonds is 2. The van der Waals surface area contributed by atoms with Gasteiger partial charge in [-0.15, -0.1) is 10.2 Å². The second-order valence-electron chi connectivity index (χ2n) is 2.92. The number of hydrogen-bond acceptors (Lipinski definition) is 4. The minimum atomic E-state index is -0.920. The minimum Gasteiger partial charge on any atom is -0.481 e. The zero-order valence-electron chi connectivity index (χ0n) is 7.45. The van der Waals surface area contributed by atoms with Crippen molar-refractivity contribution in [2.45, 2.75) is 12.8 Å². The molecule has 0 saturated carbocycles. The van der Waals surface area contributed by atoms with E-state index in [0.717, 1.165) is 0 Å². The van der Waals surface area contributed by atoms with Crippen LogP contribution < -0.4 is 0 Å². The van der Waals surface area contributed by atoms with E-state index in [0.29, 0.717) is 11.5 Å². The topological polar surface area (TPSA) is 80.4 Å². The number of carbonyl (C=O) groups is 1. The largest absolute Gasteiger partial charge is 0.481 e. The summed E-state index contributed by atoms with van der Waals surface area (Å²) >= 11 is 0. The van der Waals surface area contributed by atoms with Gasteiger partial charge in [0.15, 0.2) is 11.5 Å². The molecule has 6 heteroatoms. The fourth-order valence-corrected chi connectivity index (χ4v) is 1.18. The summed E-state index contributed by atoms with van der Waals surface area (Å²) in [4.78, 5) is 14.6. The molecular weight excluding hydrogens is 184 g/mol. The number of fused-ring (bicyclic) bond motifs is 1. The van der Waals surface area contributed by atoms with E-state index in [1.807, 2.05) is 0 Å². The Morgan fingerprint density at radius 2 is 2.36 bits per heavy atom. The zero-order chi connectivity index (χ0) is 10.1. The summed E-state index contributed by atoms with van der Waals surface area (Å²) in [5.74, 6) is -1.18. The fourth-order valence-electron chi connectivity index (χ4n) is 1.18. The van der Waals surface area contributed by atoms with Crippen molar-refractivity contribution in [3.05, 3.63) is 24.4 Å². The van der Waals surface area contributed by atoms with Crippen LogP contribution in [-0.2, 0) is 4.79 Å². The van der Waals surface area contributed by atoms with Gasteiger partial charge in [-0.2, -0.15) is 0 Å². The van der Waals surface area contributed by atoms with Crippen LogP contribution in [0.3, 0.4) is 0 Å². The molecule has 6 nitrogen and oxygen atoms in total. The van der Waals surface area contributed by atoms with Crippen LogP contribution in [0.2, 0.25) is 0 Å². The van der Waals surface area contributed by atoms with Gasteiger partial charge < -0.3 is 5.11 Å². The molecule has 2 aromatic heterocycles. The van der Waals surface area contributed by atoms with Crippen LogP contribution in [0.5, 0.6) is 0 Å². The van der Waals surface area contributed by atoms with Crippen molar-refractivity contribution in [1.29, 1.82) is 0 Å². The molecule has 2 heterocycles. The quantitative estimate of drug-likeness (QED) is 0.740. The van der Waals surface area contributed by atoms with Gasteiger partial charge >= 0.3 is 5.97 Å². The van der Waals surface area contributed by atoms with Crippen LogP contribution in [0.4, 0.5) is 0 Å². The number of carboxylic acid groups (broad SMARTS) is 1. The lowest BCUT2D eigenvalue weighted by Crippen LogP contribution is -2.11. The Morgan fingerprint density at radius 3 is 3.07 bits per heavy atom. The minimum absolute atomic E-state index is 0.412. The molecule has 0 radical (unpaired) electrons. The van der Waals surface area contributed by atoms with Gasteiger partial charge in [0.25, 0.3) is 0 Å². The van der Waals surface area contributed by atoms with E-state index in [9.17, 15) is 4.79 Å². The van der Waals surface area contributed by atoms with Gasteiger partial charge in [0.2, 0.25) is 0 Å². The Kier molecular flexibility index (Phi) is 1.88. The highest BCUT2D eigenvalue weighted by molar-refractivity contribution is 5.74. The van der Waals surface area contributed by atoms with Crippen molar-refractivity contribution in [3.63, 3.8) is 0 Å². The Hall–Kier alpha value is -1.98. The Morgan fingerprint density at radius 1 is 1.57 bits per heavy atom. The summed E-state index contributed by atoms with van der Waals surface area (Å²) in [7, 11) is 0. The Balaban J connectivity index is 2.58. The first-order valence-electron chi connectivity index (χ1n) is 4.07. The zero-order valence-corrected chi connectivity index (χ0v) is 7.45. The molecule has 72 valence electrons. The lowest BCUT2D eigenvalue weighted by atomic mass is 10.2. The highest BCUT2D eigenvalue weighted by atomic mass is 16.4. The molecule has 0 spiro atoms. The average Bonchev–Trinajstić information content (AvgIpc) is 2.60. The number of aliphatic carboxylic acids is 1. The highest BCUT2D eigenvalue weighted by Crippen LogP contribution is 2.13. The highest BCUT2D eigenvalue weighted by Gasteiger charge is 2.19. The number of aromatic nitrogens is 4. The third-order valence-electron chi connectivity index (χ3n) is 2.00. The van der Waals surface area contributed by atoms with E-state index in [-0.39, 0.29) is 0 Å². The second-order valence-corrected chi connectivity index (χ2v) is 2.92. The molecule has 2 aromatic rings. The fraction of sp³-hybridized carbons (Fsp3) is 0.250. The third-order valence-corrected chi connectivity index (χ3v) is 2.00. The molecule has 1 N–H and O–H groups in total. The van der Waals surface area contributed by atoms with Gasteiger partial charge in [-0.25, -0.2) is 0 Å². The van der Waals surface area contributed by atoms with Crippen LogP contribution >= 0.6 is 0 Å². The molecule has 1 atom stereocenters. The van der Waals surface area contributed by atoms with Crippen molar-refractivity contribution >= 4 is 11.6 Å². The van der Waals surface area contributed by atoms with Gasteiger partial charge in [-0.3, -0.25) is 14.2 Å². The molecule has 0 aromatic carbocycles. The van der Waals surface area contributed by atoms with Crippen LogP contribution in [0.15, 0.2) is 18.6 Å². The van der Waals surface area contributed by atoms with Gasteiger partial charge in [0.1, 0.15) is 5.92 Å². The van der Waals surface area contributed by atoms with Crippen molar-refractivity contribution in [2.75, 3.05) is 0 Å². The van der Waals surface area contributed by atoms with Crippen LogP contribution in [0, 0.1) is 0 Å². The van der Waals surface area contributed by atoms with Crippen LogP contribution in [0.25, 0.3) is 5.65 Å². The van der Waals surface area contributed by atoms with Crippen LogP contribution in [-0.4, -0.2) is 30.7 Å². The summed E-state index contributed by atoms with van der Waals surface area (Å²) in [6.07, 6.45) is 4.74. The first-order chi connectivity index (χ1) is 6.70. The number of hydrogen-bond donors (Lipinski definition) is 1. The molecule has 0 aliphatic heterocycles.